The summed E-state index contributed by atoms with van der Waals surface area (Å²) in [6.45, 7) is 5.90. The fourth-order valence-electron chi connectivity index (χ4n) is 2.19. The third-order valence-corrected chi connectivity index (χ3v) is 3.33. The Morgan fingerprint density at radius 2 is 2.29 bits per heavy atom. The fourth-order valence-corrected chi connectivity index (χ4v) is 2.19. The molecule has 0 aromatic rings. The van der Waals surface area contributed by atoms with E-state index in [-0.39, 0.29) is 5.97 Å². The Kier molecular flexibility index (Phi) is 7.21. The van der Waals surface area contributed by atoms with E-state index in [2.05, 4.69) is 16.6 Å². The number of esters is 1. The van der Waals surface area contributed by atoms with Crippen LogP contribution >= 0.6 is 0 Å². The zero-order chi connectivity index (χ0) is 12.5. The normalized spacial score (nSPS) is 19.8. The molecule has 0 spiro atoms. The maximum atomic E-state index is 11.0. The molecule has 1 aliphatic heterocycles. The Morgan fingerprint density at radius 1 is 1.47 bits per heavy atom. The van der Waals surface area contributed by atoms with Gasteiger partial charge in [-0.05, 0) is 38.8 Å². The number of carbonyl (C=O) groups excluding carboxylic acids is 1. The molecule has 1 atom stereocenters. The highest BCUT2D eigenvalue weighted by Crippen LogP contribution is 2.16. The van der Waals surface area contributed by atoms with Crippen LogP contribution in [0, 0.1) is 0 Å². The summed E-state index contributed by atoms with van der Waals surface area (Å²) in [6.07, 6.45) is 5.70. The van der Waals surface area contributed by atoms with Crippen LogP contribution in [-0.2, 0) is 14.3 Å². The summed E-state index contributed by atoms with van der Waals surface area (Å²) < 4.78 is 10.2. The molecular formula is C13H25NO3. The summed E-state index contributed by atoms with van der Waals surface area (Å²) >= 11 is 0. The number of hydrogen-bond donors (Lipinski definition) is 0. The molecule has 0 aromatic heterocycles. The van der Waals surface area contributed by atoms with Crippen molar-refractivity contribution in [2.75, 3.05) is 33.4 Å². The number of rotatable bonds is 8. The van der Waals surface area contributed by atoms with E-state index in [0.29, 0.717) is 12.5 Å². The molecule has 17 heavy (non-hydrogen) atoms. The van der Waals surface area contributed by atoms with Gasteiger partial charge in [0.25, 0.3) is 0 Å². The van der Waals surface area contributed by atoms with Crippen molar-refractivity contribution in [3.05, 3.63) is 0 Å². The molecule has 0 bridgehead atoms. The van der Waals surface area contributed by atoms with E-state index in [1.54, 1.807) is 0 Å². The SMILES string of the molecule is CCN(CCCC1CCCO1)CCC(=O)OC. The van der Waals surface area contributed by atoms with E-state index in [0.717, 1.165) is 39.1 Å². The lowest BCUT2D eigenvalue weighted by atomic mass is 10.1. The zero-order valence-electron chi connectivity index (χ0n) is 11.1. The van der Waals surface area contributed by atoms with Crippen molar-refractivity contribution in [3.63, 3.8) is 0 Å². The molecule has 1 fully saturated rings. The second-order valence-corrected chi connectivity index (χ2v) is 4.54. The average Bonchev–Trinajstić information content (AvgIpc) is 2.86. The maximum Gasteiger partial charge on any atom is 0.306 e. The van der Waals surface area contributed by atoms with Gasteiger partial charge in [0.1, 0.15) is 0 Å². The highest BCUT2D eigenvalue weighted by atomic mass is 16.5. The van der Waals surface area contributed by atoms with Crippen molar-refractivity contribution in [2.45, 2.75) is 45.1 Å². The zero-order valence-corrected chi connectivity index (χ0v) is 11.1. The second kappa shape index (κ2) is 8.48. The molecule has 1 rings (SSSR count). The van der Waals surface area contributed by atoms with E-state index in [1.807, 2.05) is 0 Å². The maximum absolute atomic E-state index is 11.0. The first-order valence-corrected chi connectivity index (χ1v) is 6.67. The van der Waals surface area contributed by atoms with Crippen LogP contribution in [0.1, 0.15) is 39.0 Å². The number of methoxy groups -OCH3 is 1. The Balaban J connectivity index is 2.06. The first-order valence-electron chi connectivity index (χ1n) is 6.67. The minimum Gasteiger partial charge on any atom is -0.469 e. The van der Waals surface area contributed by atoms with Gasteiger partial charge in [0, 0.05) is 13.2 Å². The minimum absolute atomic E-state index is 0.123. The van der Waals surface area contributed by atoms with Gasteiger partial charge in [-0.15, -0.1) is 0 Å². The molecule has 0 N–H and O–H groups in total. The van der Waals surface area contributed by atoms with E-state index < -0.39 is 0 Å². The lowest BCUT2D eigenvalue weighted by Crippen LogP contribution is -2.28. The van der Waals surface area contributed by atoms with Gasteiger partial charge in [-0.2, -0.15) is 0 Å². The molecule has 1 unspecified atom stereocenters. The van der Waals surface area contributed by atoms with Crippen LogP contribution in [0.2, 0.25) is 0 Å². The largest absolute Gasteiger partial charge is 0.469 e. The quantitative estimate of drug-likeness (QED) is 0.610. The molecule has 0 radical (unpaired) electrons. The number of nitrogens with zero attached hydrogens (tertiary/aromatic N) is 1. The summed E-state index contributed by atoms with van der Waals surface area (Å²) in [5, 5.41) is 0. The Bertz CT molecular complexity index is 215. The van der Waals surface area contributed by atoms with E-state index in [4.69, 9.17) is 4.74 Å². The molecule has 100 valence electrons. The van der Waals surface area contributed by atoms with Crippen LogP contribution < -0.4 is 0 Å². The van der Waals surface area contributed by atoms with Crippen LogP contribution in [0.4, 0.5) is 0 Å². The van der Waals surface area contributed by atoms with Gasteiger partial charge < -0.3 is 14.4 Å². The molecule has 1 heterocycles. The average molecular weight is 243 g/mol. The van der Waals surface area contributed by atoms with Crippen LogP contribution in [-0.4, -0.2) is 50.3 Å². The second-order valence-electron chi connectivity index (χ2n) is 4.54. The Labute approximate surface area is 104 Å². The number of hydrogen-bond acceptors (Lipinski definition) is 4. The van der Waals surface area contributed by atoms with Crippen molar-refractivity contribution >= 4 is 5.97 Å². The standard InChI is InChI=1S/C13H25NO3/c1-3-14(10-8-13(15)16-2)9-4-6-12-7-5-11-17-12/h12H,3-11H2,1-2H3. The Morgan fingerprint density at radius 3 is 2.88 bits per heavy atom. The van der Waals surface area contributed by atoms with Gasteiger partial charge in [0.05, 0.1) is 19.6 Å². The van der Waals surface area contributed by atoms with Gasteiger partial charge in [0.15, 0.2) is 0 Å². The van der Waals surface area contributed by atoms with Crippen molar-refractivity contribution in [1.29, 1.82) is 0 Å². The molecule has 4 nitrogen and oxygen atoms in total. The highest BCUT2D eigenvalue weighted by Gasteiger charge is 2.15. The van der Waals surface area contributed by atoms with Crippen LogP contribution in [0.15, 0.2) is 0 Å². The van der Waals surface area contributed by atoms with Crippen molar-refractivity contribution in [1.82, 2.24) is 4.90 Å². The van der Waals surface area contributed by atoms with E-state index in [1.165, 1.54) is 20.0 Å². The third-order valence-electron chi connectivity index (χ3n) is 3.33. The summed E-state index contributed by atoms with van der Waals surface area (Å²) in [4.78, 5) is 13.3. The van der Waals surface area contributed by atoms with Crippen molar-refractivity contribution < 1.29 is 14.3 Å². The van der Waals surface area contributed by atoms with E-state index >= 15 is 0 Å². The molecule has 0 aromatic carbocycles. The molecule has 0 amide bonds. The van der Waals surface area contributed by atoms with Gasteiger partial charge in [-0.3, -0.25) is 4.79 Å². The molecule has 1 saturated heterocycles. The van der Waals surface area contributed by atoms with Crippen LogP contribution in [0.5, 0.6) is 0 Å². The predicted molar refractivity (Wildman–Crippen MR) is 67.0 cm³/mol. The topological polar surface area (TPSA) is 38.8 Å². The van der Waals surface area contributed by atoms with Gasteiger partial charge >= 0.3 is 5.97 Å². The summed E-state index contributed by atoms with van der Waals surface area (Å²) in [5.74, 6) is -0.123. The highest BCUT2D eigenvalue weighted by molar-refractivity contribution is 5.69. The predicted octanol–water partition coefficient (Wildman–Crippen LogP) is 1.83. The molecular weight excluding hydrogens is 218 g/mol. The lowest BCUT2D eigenvalue weighted by molar-refractivity contribution is -0.140. The summed E-state index contributed by atoms with van der Waals surface area (Å²) in [6, 6.07) is 0. The molecule has 0 saturated carbocycles. The third kappa shape index (κ3) is 6.03. The number of carbonyl (C=O) groups is 1. The minimum atomic E-state index is -0.123. The van der Waals surface area contributed by atoms with Crippen molar-refractivity contribution in [3.8, 4) is 0 Å². The fraction of sp³-hybridized carbons (Fsp3) is 0.923. The van der Waals surface area contributed by atoms with Gasteiger partial charge in [-0.25, -0.2) is 0 Å². The Hall–Kier alpha value is -0.610. The van der Waals surface area contributed by atoms with Crippen molar-refractivity contribution in [2.24, 2.45) is 0 Å². The van der Waals surface area contributed by atoms with Gasteiger partial charge in [-0.1, -0.05) is 6.92 Å². The van der Waals surface area contributed by atoms with Gasteiger partial charge in [0.2, 0.25) is 0 Å². The number of ether oxygens (including phenoxy) is 2. The molecule has 1 aliphatic rings. The summed E-state index contributed by atoms with van der Waals surface area (Å²) in [7, 11) is 1.44. The van der Waals surface area contributed by atoms with E-state index in [9.17, 15) is 4.79 Å². The monoisotopic (exact) mass is 243 g/mol. The van der Waals surface area contributed by atoms with Crippen LogP contribution in [0.3, 0.4) is 0 Å². The lowest BCUT2D eigenvalue weighted by Gasteiger charge is -2.20. The summed E-state index contributed by atoms with van der Waals surface area (Å²) in [5.41, 5.74) is 0. The molecule has 0 aliphatic carbocycles. The molecule has 4 heteroatoms. The smallest absolute Gasteiger partial charge is 0.306 e. The first-order chi connectivity index (χ1) is 8.26. The first kappa shape index (κ1) is 14.5. The van der Waals surface area contributed by atoms with Crippen LogP contribution in [0.25, 0.3) is 0 Å².